The molecular formula is C24H29N2O4S+. The topological polar surface area (TPSA) is 92.3 Å². The maximum Gasteiger partial charge on any atom is 0.243 e. The van der Waals surface area contributed by atoms with E-state index in [0.29, 0.717) is 29.1 Å². The van der Waals surface area contributed by atoms with E-state index in [9.17, 15) is 19.2 Å². The Morgan fingerprint density at radius 3 is 1.97 bits per heavy atom. The van der Waals surface area contributed by atoms with Crippen LogP contribution in [-0.4, -0.2) is 53.7 Å². The van der Waals surface area contributed by atoms with Crippen LogP contribution in [-0.2, 0) is 20.5 Å². The molecule has 2 rings (SSSR count). The first kappa shape index (κ1) is 24.3. The Morgan fingerprint density at radius 2 is 1.42 bits per heavy atom. The average molecular weight is 442 g/mol. The maximum atomic E-state index is 12.6. The molecule has 2 aromatic carbocycles. The Morgan fingerprint density at radius 1 is 0.871 bits per heavy atom. The highest BCUT2D eigenvalue weighted by molar-refractivity contribution is 7.96. The molecule has 2 aromatic rings. The van der Waals surface area contributed by atoms with Crippen LogP contribution < -0.4 is 10.6 Å². The van der Waals surface area contributed by atoms with Crippen molar-refractivity contribution in [2.24, 2.45) is 0 Å². The first-order valence-corrected chi connectivity index (χ1v) is 12.2. The Kier molecular flexibility index (Phi) is 9.97. The summed E-state index contributed by atoms with van der Waals surface area (Å²) in [6.45, 7) is 1.58. The van der Waals surface area contributed by atoms with Crippen molar-refractivity contribution in [3.63, 3.8) is 0 Å². The molecule has 0 aliphatic carbocycles. The minimum atomic E-state index is -0.738. The quantitative estimate of drug-likeness (QED) is 0.391. The lowest BCUT2D eigenvalue weighted by atomic mass is 10.1. The predicted octanol–water partition coefficient (Wildman–Crippen LogP) is 2.40. The van der Waals surface area contributed by atoms with Gasteiger partial charge in [0.15, 0.2) is 11.5 Å². The summed E-state index contributed by atoms with van der Waals surface area (Å²) in [4.78, 5) is 49.2. The second-order valence-electron chi connectivity index (χ2n) is 7.19. The molecule has 0 aliphatic rings. The van der Waals surface area contributed by atoms with Crippen LogP contribution in [0.1, 0.15) is 40.5 Å². The van der Waals surface area contributed by atoms with Crippen molar-refractivity contribution >= 4 is 34.3 Å². The van der Waals surface area contributed by atoms with Crippen LogP contribution in [0.3, 0.4) is 0 Å². The second-order valence-corrected chi connectivity index (χ2v) is 9.45. The maximum absolute atomic E-state index is 12.6. The van der Waals surface area contributed by atoms with Gasteiger partial charge in [-0.05, 0) is 10.9 Å². The number of amides is 2. The van der Waals surface area contributed by atoms with E-state index < -0.39 is 11.9 Å². The van der Waals surface area contributed by atoms with E-state index in [2.05, 4.69) is 10.6 Å². The number of nitrogens with one attached hydrogen (secondary N) is 2. The van der Waals surface area contributed by atoms with Crippen molar-refractivity contribution in [2.75, 3.05) is 24.3 Å². The van der Waals surface area contributed by atoms with Crippen molar-refractivity contribution in [3.05, 3.63) is 71.8 Å². The summed E-state index contributed by atoms with van der Waals surface area (Å²) in [6.07, 6.45) is 2.65. The zero-order valence-electron chi connectivity index (χ0n) is 17.9. The molecule has 2 amide bonds. The molecule has 0 fully saturated rings. The van der Waals surface area contributed by atoms with Gasteiger partial charge in [-0.15, -0.1) is 0 Å². The predicted molar refractivity (Wildman–Crippen MR) is 124 cm³/mol. The van der Waals surface area contributed by atoms with Crippen LogP contribution in [0.5, 0.6) is 0 Å². The third-order valence-corrected chi connectivity index (χ3v) is 6.41. The molecule has 0 heterocycles. The summed E-state index contributed by atoms with van der Waals surface area (Å²) in [6, 6.07) is 17.1. The van der Waals surface area contributed by atoms with Gasteiger partial charge in [-0.3, -0.25) is 19.2 Å². The lowest BCUT2D eigenvalue weighted by Crippen LogP contribution is -2.48. The highest BCUT2D eigenvalue weighted by Crippen LogP contribution is 2.07. The van der Waals surface area contributed by atoms with Gasteiger partial charge in [0.05, 0.1) is 12.8 Å². The van der Waals surface area contributed by atoms with E-state index in [1.165, 1.54) is 0 Å². The average Bonchev–Trinajstić information content (AvgIpc) is 2.80. The normalized spacial score (nSPS) is 12.5. The lowest BCUT2D eigenvalue weighted by Gasteiger charge is -2.17. The largest absolute Gasteiger partial charge is 0.347 e. The third kappa shape index (κ3) is 8.38. The van der Waals surface area contributed by atoms with Crippen LogP contribution in [0.25, 0.3) is 0 Å². The van der Waals surface area contributed by atoms with Gasteiger partial charge in [0.2, 0.25) is 17.6 Å². The number of ketones is 2. The van der Waals surface area contributed by atoms with Crippen LogP contribution in [0.2, 0.25) is 0 Å². The summed E-state index contributed by atoms with van der Waals surface area (Å²) in [5, 5.41) is 5.36. The highest BCUT2D eigenvalue weighted by atomic mass is 32.2. The second kappa shape index (κ2) is 12.7. The van der Waals surface area contributed by atoms with Crippen molar-refractivity contribution in [1.29, 1.82) is 0 Å². The number of benzene rings is 2. The smallest absolute Gasteiger partial charge is 0.243 e. The number of hydrogen-bond acceptors (Lipinski definition) is 4. The fourth-order valence-electron chi connectivity index (χ4n) is 2.90. The van der Waals surface area contributed by atoms with E-state index in [4.69, 9.17) is 0 Å². The molecule has 0 radical (unpaired) electrons. The van der Waals surface area contributed by atoms with Gasteiger partial charge in [-0.2, -0.15) is 0 Å². The van der Waals surface area contributed by atoms with Crippen molar-refractivity contribution in [1.82, 2.24) is 10.6 Å². The monoisotopic (exact) mass is 441 g/mol. The van der Waals surface area contributed by atoms with Crippen molar-refractivity contribution < 1.29 is 19.2 Å². The molecule has 7 heteroatoms. The Bertz CT molecular complexity index is 887. The minimum Gasteiger partial charge on any atom is -0.347 e. The van der Waals surface area contributed by atoms with Gasteiger partial charge in [-0.1, -0.05) is 67.6 Å². The van der Waals surface area contributed by atoms with E-state index in [1.54, 1.807) is 43.3 Å². The van der Waals surface area contributed by atoms with Crippen LogP contribution >= 0.6 is 0 Å². The van der Waals surface area contributed by atoms with Gasteiger partial charge in [-0.25, -0.2) is 0 Å². The highest BCUT2D eigenvalue weighted by Gasteiger charge is 2.25. The third-order valence-electron chi connectivity index (χ3n) is 4.72. The number of carbonyl (C=O) groups excluding carboxylic acids is 4. The molecule has 0 saturated heterocycles. The van der Waals surface area contributed by atoms with Crippen LogP contribution in [0.4, 0.5) is 0 Å². The molecule has 0 saturated carbocycles. The molecule has 0 bridgehead atoms. The molecule has 2 N–H and O–H groups in total. The minimum absolute atomic E-state index is 0.0680. The summed E-state index contributed by atoms with van der Waals surface area (Å²) >= 11 is 0. The van der Waals surface area contributed by atoms with Gasteiger partial charge in [0, 0.05) is 24.0 Å². The van der Waals surface area contributed by atoms with Gasteiger partial charge >= 0.3 is 0 Å². The Balaban J connectivity index is 1.89. The fraction of sp³-hybridized carbons (Fsp3) is 0.333. The first-order chi connectivity index (χ1) is 14.9. The molecule has 0 aliphatic heterocycles. The lowest BCUT2D eigenvalue weighted by molar-refractivity contribution is -0.128. The Hall–Kier alpha value is -2.93. The fourth-order valence-corrected chi connectivity index (χ4v) is 4.30. The summed E-state index contributed by atoms with van der Waals surface area (Å²) in [5.41, 5.74) is 1.20. The Labute approximate surface area is 186 Å². The molecule has 2 unspecified atom stereocenters. The summed E-state index contributed by atoms with van der Waals surface area (Å²) in [5.74, 6) is 0.264. The van der Waals surface area contributed by atoms with Crippen LogP contribution in [0.15, 0.2) is 60.7 Å². The van der Waals surface area contributed by atoms with Gasteiger partial charge < -0.3 is 10.6 Å². The first-order valence-electron chi connectivity index (χ1n) is 10.2. The van der Waals surface area contributed by atoms with Crippen LogP contribution in [0, 0.1) is 0 Å². The molecule has 31 heavy (non-hydrogen) atoms. The molecule has 6 nitrogen and oxygen atoms in total. The van der Waals surface area contributed by atoms with E-state index in [-0.39, 0.29) is 41.3 Å². The summed E-state index contributed by atoms with van der Waals surface area (Å²) in [7, 11) is -0.245. The molecule has 0 spiro atoms. The van der Waals surface area contributed by atoms with Gasteiger partial charge in [0.1, 0.15) is 11.8 Å². The standard InChI is InChI=1S/C24H28N2O4S/c1-3-23(29)26-20(24(30)25-16-21(27)18-10-6-4-7-11-18)14-15-31(2)17-22(28)19-12-8-5-9-13-19/h4-13,20H,3,14-17H2,1-2H3,(H-,25,26,29,30)/p+1. The molecular weight excluding hydrogens is 412 g/mol. The van der Waals surface area contributed by atoms with Crippen molar-refractivity contribution in [2.45, 2.75) is 25.8 Å². The van der Waals surface area contributed by atoms with E-state index in [0.717, 1.165) is 0 Å². The number of hydrogen-bond donors (Lipinski definition) is 2. The molecule has 0 aromatic heterocycles. The van der Waals surface area contributed by atoms with Gasteiger partial charge in [0.25, 0.3) is 0 Å². The summed E-state index contributed by atoms with van der Waals surface area (Å²) < 4.78 is 0. The number of Topliss-reactive ketones (excluding diaryl/α,β-unsaturated/α-hetero) is 2. The molecule has 2 atom stereocenters. The van der Waals surface area contributed by atoms with Crippen molar-refractivity contribution in [3.8, 4) is 0 Å². The zero-order valence-corrected chi connectivity index (χ0v) is 18.7. The zero-order chi connectivity index (χ0) is 22.6. The number of rotatable bonds is 12. The van der Waals surface area contributed by atoms with E-state index in [1.807, 2.05) is 30.5 Å². The number of carbonyl (C=O) groups is 4. The molecule has 164 valence electrons. The SMILES string of the molecule is CCC(=O)NC(CC[S+](C)CC(=O)c1ccccc1)C(=O)NCC(=O)c1ccccc1. The van der Waals surface area contributed by atoms with E-state index >= 15 is 0 Å².